The van der Waals surface area contributed by atoms with Crippen LogP contribution in [-0.2, 0) is 19.3 Å². The molecule has 0 unspecified atom stereocenters. The number of benzene rings is 1. The van der Waals surface area contributed by atoms with Crippen LogP contribution in [0.2, 0.25) is 0 Å². The van der Waals surface area contributed by atoms with E-state index in [1.807, 2.05) is 11.3 Å². The smallest absolute Gasteiger partial charge is 0.321 e. The third-order valence-corrected chi connectivity index (χ3v) is 7.84. The summed E-state index contributed by atoms with van der Waals surface area (Å²) >= 11 is 1.82. The third kappa shape index (κ3) is 4.45. The molecular weight excluding hydrogens is 456 g/mol. The van der Waals surface area contributed by atoms with Gasteiger partial charge in [0.2, 0.25) is 0 Å². The first kappa shape index (κ1) is 23.0. The predicted octanol–water partition coefficient (Wildman–Crippen LogP) is 5.40. The van der Waals surface area contributed by atoms with E-state index in [9.17, 15) is 13.6 Å². The Bertz CT molecular complexity index is 1220. The summed E-state index contributed by atoms with van der Waals surface area (Å²) in [6, 6.07) is 3.06. The first-order valence-electron chi connectivity index (χ1n) is 12.0. The van der Waals surface area contributed by atoms with Gasteiger partial charge in [-0.25, -0.2) is 23.5 Å². The Morgan fingerprint density at radius 3 is 2.71 bits per heavy atom. The van der Waals surface area contributed by atoms with Gasteiger partial charge in [0, 0.05) is 49.2 Å². The van der Waals surface area contributed by atoms with E-state index in [0.29, 0.717) is 32.1 Å². The van der Waals surface area contributed by atoms with Gasteiger partial charge in [0.15, 0.2) is 11.6 Å². The Balaban J connectivity index is 1.35. The van der Waals surface area contributed by atoms with Crippen molar-refractivity contribution < 1.29 is 13.6 Å². The average molecular weight is 486 g/mol. The zero-order valence-corrected chi connectivity index (χ0v) is 20.4. The fourth-order valence-electron chi connectivity index (χ4n) is 4.83. The van der Waals surface area contributed by atoms with Crippen molar-refractivity contribution >= 4 is 39.1 Å². The highest BCUT2D eigenvalue weighted by atomic mass is 32.1. The van der Waals surface area contributed by atoms with E-state index in [4.69, 9.17) is 9.97 Å². The standard InChI is InChI=1S/C25H29F2N5OS/c1-3-4-21-29-23(22-17-7-5-15(2)13-20(17)34-24(22)30-21)31-9-11-32(12-10-31)25(33)28-16-6-8-18(26)19(27)14-16/h6,8,14-15H,3-5,7,9-13H2,1-2H3,(H,28,33)/t15-/m0/s1. The maximum atomic E-state index is 13.5. The number of urea groups is 1. The number of aromatic nitrogens is 2. The molecule has 1 N–H and O–H groups in total. The molecule has 0 saturated carbocycles. The van der Waals surface area contributed by atoms with Crippen LogP contribution in [0.25, 0.3) is 10.2 Å². The molecule has 180 valence electrons. The number of amides is 2. The van der Waals surface area contributed by atoms with Crippen LogP contribution in [0.15, 0.2) is 18.2 Å². The number of carbonyl (C=O) groups is 1. The van der Waals surface area contributed by atoms with Gasteiger partial charge in [-0.15, -0.1) is 11.3 Å². The van der Waals surface area contributed by atoms with E-state index in [0.717, 1.165) is 54.3 Å². The van der Waals surface area contributed by atoms with Crippen molar-refractivity contribution in [2.45, 2.75) is 46.0 Å². The summed E-state index contributed by atoms with van der Waals surface area (Å²) in [4.78, 5) is 29.1. The average Bonchev–Trinajstić information content (AvgIpc) is 3.18. The Kier molecular flexibility index (Phi) is 6.38. The van der Waals surface area contributed by atoms with Crippen molar-refractivity contribution in [2.24, 2.45) is 5.92 Å². The molecule has 0 spiro atoms. The van der Waals surface area contributed by atoms with Crippen molar-refractivity contribution in [1.29, 1.82) is 0 Å². The molecule has 0 radical (unpaired) electrons. The van der Waals surface area contributed by atoms with Gasteiger partial charge in [-0.2, -0.15) is 0 Å². The van der Waals surface area contributed by atoms with Crippen LogP contribution in [0.5, 0.6) is 0 Å². The minimum Gasteiger partial charge on any atom is -0.352 e. The van der Waals surface area contributed by atoms with E-state index < -0.39 is 11.6 Å². The normalized spacial score (nSPS) is 18.3. The number of nitrogens with one attached hydrogen (secondary N) is 1. The van der Waals surface area contributed by atoms with Crippen LogP contribution >= 0.6 is 11.3 Å². The summed E-state index contributed by atoms with van der Waals surface area (Å²) in [7, 11) is 0. The number of rotatable bonds is 4. The molecule has 0 bridgehead atoms. The van der Waals surface area contributed by atoms with Crippen LogP contribution < -0.4 is 10.2 Å². The molecule has 1 fully saturated rings. The molecule has 3 heterocycles. The molecule has 9 heteroatoms. The highest BCUT2D eigenvalue weighted by molar-refractivity contribution is 7.19. The summed E-state index contributed by atoms with van der Waals surface area (Å²) < 4.78 is 26.7. The molecular formula is C25H29F2N5OS. The fraction of sp³-hybridized carbons (Fsp3) is 0.480. The lowest BCUT2D eigenvalue weighted by Gasteiger charge is -2.36. The lowest BCUT2D eigenvalue weighted by Crippen LogP contribution is -2.50. The van der Waals surface area contributed by atoms with Gasteiger partial charge in [-0.3, -0.25) is 0 Å². The Labute approximate surface area is 202 Å². The van der Waals surface area contributed by atoms with E-state index in [-0.39, 0.29) is 11.7 Å². The fourth-order valence-corrected chi connectivity index (χ4v) is 6.22. The molecule has 1 aliphatic carbocycles. The SMILES string of the molecule is CCCc1nc(N2CCN(C(=O)Nc3ccc(F)c(F)c3)CC2)c2c3c(sc2n1)C[C@@H](C)CC3. The molecule has 2 aromatic heterocycles. The molecule has 1 saturated heterocycles. The predicted molar refractivity (Wildman–Crippen MR) is 132 cm³/mol. The molecule has 1 atom stereocenters. The zero-order chi connectivity index (χ0) is 23.8. The summed E-state index contributed by atoms with van der Waals surface area (Å²) in [5, 5.41) is 3.87. The lowest BCUT2D eigenvalue weighted by atomic mass is 9.89. The molecule has 2 amide bonds. The molecule has 5 rings (SSSR count). The number of hydrogen-bond donors (Lipinski definition) is 1. The summed E-state index contributed by atoms with van der Waals surface area (Å²) in [5.74, 6) is 0.669. The van der Waals surface area contributed by atoms with Gasteiger partial charge >= 0.3 is 6.03 Å². The number of aryl methyl sites for hydroxylation is 2. The largest absolute Gasteiger partial charge is 0.352 e. The third-order valence-electron chi connectivity index (χ3n) is 6.69. The Morgan fingerprint density at radius 1 is 1.18 bits per heavy atom. The summed E-state index contributed by atoms with van der Waals surface area (Å²) in [6.45, 7) is 6.81. The van der Waals surface area contributed by atoms with Gasteiger partial charge in [-0.05, 0) is 49.3 Å². The van der Waals surface area contributed by atoms with Gasteiger partial charge in [-0.1, -0.05) is 13.8 Å². The second-order valence-electron chi connectivity index (χ2n) is 9.28. The van der Waals surface area contributed by atoms with Crippen molar-refractivity contribution in [2.75, 3.05) is 36.4 Å². The van der Waals surface area contributed by atoms with Crippen LogP contribution in [0, 0.1) is 17.6 Å². The van der Waals surface area contributed by atoms with Crippen molar-refractivity contribution in [3.8, 4) is 0 Å². The topological polar surface area (TPSA) is 61.4 Å². The van der Waals surface area contributed by atoms with Crippen LogP contribution in [-0.4, -0.2) is 47.1 Å². The van der Waals surface area contributed by atoms with Crippen molar-refractivity contribution in [3.05, 3.63) is 46.1 Å². The second kappa shape index (κ2) is 9.44. The minimum atomic E-state index is -0.980. The van der Waals surface area contributed by atoms with Crippen LogP contribution in [0.4, 0.5) is 25.1 Å². The van der Waals surface area contributed by atoms with Gasteiger partial charge in [0.05, 0.1) is 5.39 Å². The molecule has 1 aliphatic heterocycles. The first-order valence-corrected chi connectivity index (χ1v) is 12.8. The molecule has 6 nitrogen and oxygen atoms in total. The summed E-state index contributed by atoms with van der Waals surface area (Å²) in [6.07, 6.45) is 5.20. The molecule has 34 heavy (non-hydrogen) atoms. The van der Waals surface area contributed by atoms with E-state index >= 15 is 0 Å². The number of halogens is 2. The van der Waals surface area contributed by atoms with Crippen molar-refractivity contribution in [1.82, 2.24) is 14.9 Å². The second-order valence-corrected chi connectivity index (χ2v) is 10.4. The highest BCUT2D eigenvalue weighted by Gasteiger charge is 2.28. The maximum Gasteiger partial charge on any atom is 0.321 e. The van der Waals surface area contributed by atoms with Gasteiger partial charge in [0.25, 0.3) is 0 Å². The highest BCUT2D eigenvalue weighted by Crippen LogP contribution is 2.41. The number of fused-ring (bicyclic) bond motifs is 3. The van der Waals surface area contributed by atoms with E-state index in [1.54, 1.807) is 4.90 Å². The van der Waals surface area contributed by atoms with Crippen molar-refractivity contribution in [3.63, 3.8) is 0 Å². The Morgan fingerprint density at radius 2 is 1.97 bits per heavy atom. The number of nitrogens with zero attached hydrogens (tertiary/aromatic N) is 4. The number of hydrogen-bond acceptors (Lipinski definition) is 5. The first-order chi connectivity index (χ1) is 16.4. The van der Waals surface area contributed by atoms with E-state index in [2.05, 4.69) is 24.1 Å². The molecule has 2 aliphatic rings. The Hall–Kier alpha value is -2.81. The maximum absolute atomic E-state index is 13.5. The summed E-state index contributed by atoms with van der Waals surface area (Å²) in [5.41, 5.74) is 1.65. The molecule has 1 aromatic carbocycles. The van der Waals surface area contributed by atoms with Crippen LogP contribution in [0.3, 0.4) is 0 Å². The number of thiophene rings is 1. The molecule has 3 aromatic rings. The number of anilines is 2. The lowest BCUT2D eigenvalue weighted by molar-refractivity contribution is 0.208. The zero-order valence-electron chi connectivity index (χ0n) is 19.5. The quantitative estimate of drug-likeness (QED) is 0.538. The minimum absolute atomic E-state index is 0.243. The number of carbonyl (C=O) groups excluding carboxylic acids is 1. The van der Waals surface area contributed by atoms with Gasteiger partial charge in [0.1, 0.15) is 16.5 Å². The van der Waals surface area contributed by atoms with E-state index in [1.165, 1.54) is 28.3 Å². The van der Waals surface area contributed by atoms with Gasteiger partial charge < -0.3 is 15.1 Å². The van der Waals surface area contributed by atoms with Crippen LogP contribution in [0.1, 0.15) is 43.0 Å². The monoisotopic (exact) mass is 485 g/mol. The number of piperazine rings is 1.